The molecule has 0 aliphatic rings. The number of ether oxygens (including phenoxy) is 2. The maximum absolute atomic E-state index is 13.1. The van der Waals surface area contributed by atoms with Gasteiger partial charge in [0.25, 0.3) is 11.4 Å². The molecule has 3 aromatic carbocycles. The van der Waals surface area contributed by atoms with Crippen molar-refractivity contribution in [1.82, 2.24) is 0 Å². The van der Waals surface area contributed by atoms with E-state index in [1.807, 2.05) is 0 Å². The topological polar surface area (TPSA) is 168 Å². The molecule has 0 aromatic heterocycles. The minimum absolute atomic E-state index is 0.0767. The first-order chi connectivity index (χ1) is 17.7. The molecule has 0 spiro atoms. The van der Waals surface area contributed by atoms with Crippen molar-refractivity contribution in [2.24, 2.45) is 0 Å². The fourth-order valence-corrected chi connectivity index (χ4v) is 3.31. The summed E-state index contributed by atoms with van der Waals surface area (Å²) in [4.78, 5) is 58.9. The zero-order chi connectivity index (χ0) is 26.9. The Morgan fingerprint density at radius 2 is 1.57 bits per heavy atom. The number of anilines is 1. The molecule has 12 heteroatoms. The quantitative estimate of drug-likeness (QED) is 0.171. The smallest absolute Gasteiger partial charge is 0.307 e. The molecule has 0 aliphatic heterocycles. The van der Waals surface area contributed by atoms with Gasteiger partial charge in [-0.15, -0.1) is 0 Å². The van der Waals surface area contributed by atoms with Gasteiger partial charge in [0.1, 0.15) is 11.4 Å². The van der Waals surface area contributed by atoms with Crippen LogP contribution in [0.15, 0.2) is 72.8 Å². The summed E-state index contributed by atoms with van der Waals surface area (Å²) >= 11 is 0. The van der Waals surface area contributed by atoms with E-state index >= 15 is 0 Å². The van der Waals surface area contributed by atoms with Crippen molar-refractivity contribution < 1.29 is 33.7 Å². The Balaban J connectivity index is 1.71. The van der Waals surface area contributed by atoms with Crippen LogP contribution < -0.4 is 10.1 Å². The molecule has 190 valence electrons. The summed E-state index contributed by atoms with van der Waals surface area (Å²) in [6.07, 6.45) is -2.21. The third-order valence-electron chi connectivity index (χ3n) is 5.18. The Labute approximate surface area is 210 Å². The minimum Gasteiger partial charge on any atom is -0.496 e. The van der Waals surface area contributed by atoms with Gasteiger partial charge < -0.3 is 14.8 Å². The highest BCUT2D eigenvalue weighted by Gasteiger charge is 2.27. The number of Topliss-reactive ketones (excluding diaryl/α,β-unsaturated/α-hetero) is 1. The van der Waals surface area contributed by atoms with Crippen molar-refractivity contribution >= 4 is 34.7 Å². The highest BCUT2D eigenvalue weighted by Crippen LogP contribution is 2.29. The molecule has 3 aromatic rings. The number of carbonyl (C=O) groups excluding carboxylic acids is 3. The molecule has 0 saturated carbocycles. The lowest BCUT2D eigenvalue weighted by Gasteiger charge is -2.17. The van der Waals surface area contributed by atoms with Crippen LogP contribution in [0.4, 0.5) is 17.1 Å². The number of methoxy groups -OCH3 is 1. The van der Waals surface area contributed by atoms with E-state index in [1.54, 1.807) is 18.2 Å². The van der Waals surface area contributed by atoms with Crippen LogP contribution in [-0.2, 0) is 14.3 Å². The molecule has 0 radical (unpaired) electrons. The lowest BCUT2D eigenvalue weighted by molar-refractivity contribution is -0.384. The summed E-state index contributed by atoms with van der Waals surface area (Å²) in [5, 5.41) is 24.6. The van der Waals surface area contributed by atoms with Crippen molar-refractivity contribution in [3.05, 3.63) is 104 Å². The SMILES string of the molecule is COc1ccc(NC(=O)CCC(=O)O[C@@H](C(=O)c2ccccc2)c2ccc([N+](=O)[O-])cc2)c([N+](=O)[O-])c1. The third-order valence-corrected chi connectivity index (χ3v) is 5.18. The summed E-state index contributed by atoms with van der Waals surface area (Å²) in [6, 6.07) is 16.9. The van der Waals surface area contributed by atoms with E-state index in [2.05, 4.69) is 5.32 Å². The molecule has 0 aliphatic carbocycles. The van der Waals surface area contributed by atoms with Crippen LogP contribution in [0.3, 0.4) is 0 Å². The number of hydrogen-bond acceptors (Lipinski definition) is 9. The molecule has 1 N–H and O–H groups in total. The Kier molecular flexibility index (Phi) is 8.60. The van der Waals surface area contributed by atoms with Crippen LogP contribution >= 0.6 is 0 Å². The van der Waals surface area contributed by atoms with E-state index in [0.717, 1.165) is 6.07 Å². The summed E-state index contributed by atoms with van der Waals surface area (Å²) < 4.78 is 10.3. The Bertz CT molecular complexity index is 1320. The minimum atomic E-state index is -1.40. The fourth-order valence-electron chi connectivity index (χ4n) is 3.31. The number of nitrogens with one attached hydrogen (secondary N) is 1. The number of amides is 1. The fraction of sp³-hybridized carbons (Fsp3) is 0.160. The summed E-state index contributed by atoms with van der Waals surface area (Å²) in [7, 11) is 1.34. The number of hydrogen-bond donors (Lipinski definition) is 1. The highest BCUT2D eigenvalue weighted by atomic mass is 16.6. The van der Waals surface area contributed by atoms with Crippen molar-refractivity contribution in [3.63, 3.8) is 0 Å². The first kappa shape index (κ1) is 26.5. The van der Waals surface area contributed by atoms with Gasteiger partial charge >= 0.3 is 5.97 Å². The second kappa shape index (κ2) is 12.0. The number of non-ortho nitro benzene ring substituents is 1. The van der Waals surface area contributed by atoms with E-state index in [4.69, 9.17) is 9.47 Å². The number of benzene rings is 3. The van der Waals surface area contributed by atoms with Crippen molar-refractivity contribution in [3.8, 4) is 5.75 Å². The molecule has 0 fully saturated rings. The number of nitro benzene ring substituents is 2. The lowest BCUT2D eigenvalue weighted by Crippen LogP contribution is -2.21. The van der Waals surface area contributed by atoms with E-state index in [9.17, 15) is 34.6 Å². The molecule has 1 atom stereocenters. The van der Waals surface area contributed by atoms with Crippen LogP contribution in [-0.4, -0.2) is 34.6 Å². The molecule has 37 heavy (non-hydrogen) atoms. The van der Waals surface area contributed by atoms with Crippen LogP contribution in [0.25, 0.3) is 0 Å². The van der Waals surface area contributed by atoms with Crippen molar-refractivity contribution in [2.45, 2.75) is 18.9 Å². The van der Waals surface area contributed by atoms with Crippen LogP contribution in [0.1, 0.15) is 34.9 Å². The second-order valence-electron chi connectivity index (χ2n) is 7.64. The van der Waals surface area contributed by atoms with Gasteiger partial charge in [-0.25, -0.2) is 0 Å². The summed E-state index contributed by atoms with van der Waals surface area (Å²) in [5.74, 6) is -1.90. The van der Waals surface area contributed by atoms with E-state index in [0.29, 0.717) is 0 Å². The van der Waals surface area contributed by atoms with Gasteiger partial charge in [-0.3, -0.25) is 34.6 Å². The van der Waals surface area contributed by atoms with Gasteiger partial charge in [-0.05, 0) is 24.3 Å². The Morgan fingerprint density at radius 3 is 2.16 bits per heavy atom. The standard InChI is InChI=1S/C25H21N3O9/c1-36-19-11-12-20(21(15-19)28(34)35)26-22(29)13-14-23(30)37-25(24(31)16-5-3-2-4-6-16)17-7-9-18(10-8-17)27(32)33/h2-12,15,25H,13-14H2,1H3,(H,26,29)/t25-/m1/s1. The van der Waals surface area contributed by atoms with Gasteiger partial charge in [0.05, 0.1) is 29.4 Å². The number of nitrogens with zero attached hydrogens (tertiary/aromatic N) is 2. The van der Waals surface area contributed by atoms with Crippen LogP contribution in [0, 0.1) is 20.2 Å². The van der Waals surface area contributed by atoms with Gasteiger partial charge in [0.2, 0.25) is 11.7 Å². The molecule has 3 rings (SSSR count). The van der Waals surface area contributed by atoms with E-state index in [1.165, 1.54) is 55.6 Å². The molecular formula is C25H21N3O9. The zero-order valence-electron chi connectivity index (χ0n) is 19.5. The van der Waals surface area contributed by atoms with Crippen molar-refractivity contribution in [2.75, 3.05) is 12.4 Å². The van der Waals surface area contributed by atoms with Gasteiger partial charge in [-0.1, -0.05) is 30.3 Å². The molecule has 1 amide bonds. The monoisotopic (exact) mass is 507 g/mol. The largest absolute Gasteiger partial charge is 0.496 e. The van der Waals surface area contributed by atoms with Crippen molar-refractivity contribution in [1.29, 1.82) is 0 Å². The first-order valence-corrected chi connectivity index (χ1v) is 10.8. The maximum Gasteiger partial charge on any atom is 0.307 e. The maximum atomic E-state index is 13.1. The molecule has 12 nitrogen and oxygen atoms in total. The average molecular weight is 507 g/mol. The Hall–Kier alpha value is -5.13. The van der Waals surface area contributed by atoms with Gasteiger partial charge in [0.15, 0.2) is 6.10 Å². The predicted molar refractivity (Wildman–Crippen MR) is 130 cm³/mol. The number of ketones is 1. The number of rotatable bonds is 11. The van der Waals surface area contributed by atoms with Gasteiger partial charge in [-0.2, -0.15) is 0 Å². The molecule has 0 bridgehead atoms. The van der Waals surface area contributed by atoms with E-state index < -0.39 is 40.0 Å². The Morgan fingerprint density at radius 1 is 0.892 bits per heavy atom. The molecule has 0 heterocycles. The normalized spacial score (nSPS) is 11.2. The number of esters is 1. The highest BCUT2D eigenvalue weighted by molar-refractivity contribution is 6.01. The summed E-state index contributed by atoms with van der Waals surface area (Å²) in [5.41, 5.74) is -0.200. The van der Waals surface area contributed by atoms with Crippen LogP contribution in [0.5, 0.6) is 5.75 Å². The number of carbonyl (C=O) groups is 3. The summed E-state index contributed by atoms with van der Waals surface area (Å²) in [6.45, 7) is 0. The van der Waals surface area contributed by atoms with Gasteiger partial charge in [0, 0.05) is 29.7 Å². The molecule has 0 saturated heterocycles. The zero-order valence-corrected chi connectivity index (χ0v) is 19.5. The van der Waals surface area contributed by atoms with Crippen LogP contribution in [0.2, 0.25) is 0 Å². The predicted octanol–water partition coefficient (Wildman–Crippen LogP) is 4.40. The average Bonchev–Trinajstić information content (AvgIpc) is 2.90. The lowest BCUT2D eigenvalue weighted by atomic mass is 9.99. The molecular weight excluding hydrogens is 486 g/mol. The third kappa shape index (κ3) is 6.94. The first-order valence-electron chi connectivity index (χ1n) is 10.8. The number of nitro groups is 2. The van der Waals surface area contributed by atoms with E-state index in [-0.39, 0.29) is 40.4 Å². The second-order valence-corrected chi connectivity index (χ2v) is 7.64. The molecule has 0 unspecified atom stereocenters.